The molecule has 2 amide bonds. The van der Waals surface area contributed by atoms with Crippen LogP contribution in [-0.2, 0) is 14.8 Å². The summed E-state index contributed by atoms with van der Waals surface area (Å²) in [5.41, 5.74) is 0.925. The van der Waals surface area contributed by atoms with Gasteiger partial charge < -0.3 is 15.4 Å². The molecule has 8 nitrogen and oxygen atoms in total. The zero-order valence-corrected chi connectivity index (χ0v) is 19.0. The fourth-order valence-corrected chi connectivity index (χ4v) is 4.22. The van der Waals surface area contributed by atoms with Gasteiger partial charge in [-0.2, -0.15) is 0 Å². The van der Waals surface area contributed by atoms with Gasteiger partial charge >= 0.3 is 0 Å². The zero-order valence-electron chi connectivity index (χ0n) is 18.2. The summed E-state index contributed by atoms with van der Waals surface area (Å²) in [5, 5.41) is 5.51. The largest absolute Gasteiger partial charge is 0.497 e. The van der Waals surface area contributed by atoms with Gasteiger partial charge in [-0.05, 0) is 37.6 Å². The SMILES string of the molecule is CCCCNC(=O)c1ccccc1NC(=O)C(C)N(c1cccc(OC)c1)S(C)(=O)=O. The average molecular weight is 448 g/mol. The number of rotatable bonds is 10. The molecular weight excluding hydrogens is 418 g/mol. The van der Waals surface area contributed by atoms with Gasteiger partial charge in [0.05, 0.1) is 30.3 Å². The van der Waals surface area contributed by atoms with Crippen molar-refractivity contribution in [1.82, 2.24) is 5.32 Å². The van der Waals surface area contributed by atoms with E-state index in [1.807, 2.05) is 6.92 Å². The second-order valence-electron chi connectivity index (χ2n) is 7.08. The van der Waals surface area contributed by atoms with Gasteiger partial charge in [-0.3, -0.25) is 13.9 Å². The van der Waals surface area contributed by atoms with Gasteiger partial charge in [-0.25, -0.2) is 8.42 Å². The molecule has 0 bridgehead atoms. The lowest BCUT2D eigenvalue weighted by Gasteiger charge is -2.28. The summed E-state index contributed by atoms with van der Waals surface area (Å²) in [6.45, 7) is 4.04. The summed E-state index contributed by atoms with van der Waals surface area (Å²) in [6.07, 6.45) is 2.83. The van der Waals surface area contributed by atoms with Crippen LogP contribution >= 0.6 is 0 Å². The molecule has 0 fully saturated rings. The smallest absolute Gasteiger partial charge is 0.253 e. The van der Waals surface area contributed by atoms with E-state index >= 15 is 0 Å². The van der Waals surface area contributed by atoms with Crippen LogP contribution in [0, 0.1) is 0 Å². The number of ether oxygens (including phenoxy) is 1. The van der Waals surface area contributed by atoms with Crippen LogP contribution in [0.4, 0.5) is 11.4 Å². The third kappa shape index (κ3) is 6.45. The van der Waals surface area contributed by atoms with Gasteiger partial charge in [0.1, 0.15) is 11.8 Å². The fraction of sp³-hybridized carbons (Fsp3) is 0.364. The maximum atomic E-state index is 13.0. The third-order valence-corrected chi connectivity index (χ3v) is 5.88. The number of nitrogens with one attached hydrogen (secondary N) is 2. The van der Waals surface area contributed by atoms with Crippen LogP contribution < -0.4 is 19.7 Å². The number of amides is 2. The maximum Gasteiger partial charge on any atom is 0.253 e. The molecule has 0 spiro atoms. The molecule has 168 valence electrons. The third-order valence-electron chi connectivity index (χ3n) is 4.64. The molecule has 0 aliphatic heterocycles. The Morgan fingerprint density at radius 1 is 1.13 bits per heavy atom. The lowest BCUT2D eigenvalue weighted by atomic mass is 10.1. The number of anilines is 2. The van der Waals surface area contributed by atoms with Crippen molar-refractivity contribution in [2.24, 2.45) is 0 Å². The molecule has 1 unspecified atom stereocenters. The molecule has 2 N–H and O–H groups in total. The molecule has 0 radical (unpaired) electrons. The first kappa shape index (κ1) is 24.2. The second kappa shape index (κ2) is 10.8. The number of unbranched alkanes of at least 4 members (excludes halogenated alkanes) is 1. The normalized spacial score (nSPS) is 12.0. The molecule has 2 aromatic rings. The lowest BCUT2D eigenvalue weighted by Crippen LogP contribution is -2.45. The van der Waals surface area contributed by atoms with E-state index in [1.165, 1.54) is 14.0 Å². The van der Waals surface area contributed by atoms with Crippen LogP contribution in [-0.4, -0.2) is 46.2 Å². The maximum absolute atomic E-state index is 13.0. The first-order valence-electron chi connectivity index (χ1n) is 10.0. The van der Waals surface area contributed by atoms with E-state index in [4.69, 9.17) is 4.74 Å². The van der Waals surface area contributed by atoms with Gasteiger partial charge in [0.15, 0.2) is 0 Å². The number of benzene rings is 2. The van der Waals surface area contributed by atoms with E-state index in [2.05, 4.69) is 10.6 Å². The lowest BCUT2D eigenvalue weighted by molar-refractivity contribution is -0.116. The van der Waals surface area contributed by atoms with Crippen molar-refractivity contribution in [2.75, 3.05) is 29.5 Å². The highest BCUT2D eigenvalue weighted by Gasteiger charge is 2.30. The molecule has 0 saturated carbocycles. The molecule has 2 rings (SSSR count). The number of nitrogens with zero attached hydrogens (tertiary/aromatic N) is 1. The van der Waals surface area contributed by atoms with Crippen LogP contribution in [0.3, 0.4) is 0 Å². The van der Waals surface area contributed by atoms with E-state index < -0.39 is 22.0 Å². The van der Waals surface area contributed by atoms with Crippen LogP contribution in [0.15, 0.2) is 48.5 Å². The highest BCUT2D eigenvalue weighted by molar-refractivity contribution is 7.92. The molecule has 2 aromatic carbocycles. The summed E-state index contributed by atoms with van der Waals surface area (Å²) in [6, 6.07) is 12.0. The molecule has 9 heteroatoms. The van der Waals surface area contributed by atoms with Crippen LogP contribution in [0.25, 0.3) is 0 Å². The molecule has 1 atom stereocenters. The molecule has 0 aliphatic carbocycles. The van der Waals surface area contributed by atoms with Crippen molar-refractivity contribution in [3.8, 4) is 5.75 Å². The Balaban J connectivity index is 2.28. The summed E-state index contributed by atoms with van der Waals surface area (Å²) >= 11 is 0. The molecule has 0 aromatic heterocycles. The first-order chi connectivity index (χ1) is 14.7. The predicted molar refractivity (Wildman–Crippen MR) is 122 cm³/mol. The van der Waals surface area contributed by atoms with Crippen molar-refractivity contribution in [1.29, 1.82) is 0 Å². The second-order valence-corrected chi connectivity index (χ2v) is 8.94. The van der Waals surface area contributed by atoms with E-state index in [9.17, 15) is 18.0 Å². The van der Waals surface area contributed by atoms with Gasteiger partial charge in [0.25, 0.3) is 5.91 Å². The Morgan fingerprint density at radius 3 is 2.48 bits per heavy atom. The van der Waals surface area contributed by atoms with Crippen molar-refractivity contribution >= 4 is 33.2 Å². The minimum absolute atomic E-state index is 0.301. The van der Waals surface area contributed by atoms with Gasteiger partial charge in [-0.1, -0.05) is 31.5 Å². The molecular formula is C22H29N3O5S. The molecule has 0 saturated heterocycles. The quantitative estimate of drug-likeness (QED) is 0.545. The predicted octanol–water partition coefficient (Wildman–Crippen LogP) is 3.02. The van der Waals surface area contributed by atoms with Gasteiger partial charge in [0.2, 0.25) is 15.9 Å². The number of carbonyl (C=O) groups is 2. The Morgan fingerprint density at radius 2 is 1.84 bits per heavy atom. The van der Waals surface area contributed by atoms with Crippen molar-refractivity contribution < 1.29 is 22.7 Å². The van der Waals surface area contributed by atoms with Gasteiger partial charge in [0, 0.05) is 12.6 Å². The van der Waals surface area contributed by atoms with Gasteiger partial charge in [-0.15, -0.1) is 0 Å². The monoisotopic (exact) mass is 447 g/mol. The Hall–Kier alpha value is -3.07. The summed E-state index contributed by atoms with van der Waals surface area (Å²) in [5.74, 6) is -0.403. The Bertz CT molecular complexity index is 1020. The molecule has 0 aliphatic rings. The van der Waals surface area contributed by atoms with E-state index in [-0.39, 0.29) is 5.91 Å². The minimum Gasteiger partial charge on any atom is -0.497 e. The highest BCUT2D eigenvalue weighted by atomic mass is 32.2. The molecule has 31 heavy (non-hydrogen) atoms. The molecule has 0 heterocycles. The first-order valence-corrected chi connectivity index (χ1v) is 11.9. The van der Waals surface area contributed by atoms with Crippen LogP contribution in [0.5, 0.6) is 5.75 Å². The summed E-state index contributed by atoms with van der Waals surface area (Å²) in [4.78, 5) is 25.5. The number of hydrogen-bond donors (Lipinski definition) is 2. The highest BCUT2D eigenvalue weighted by Crippen LogP contribution is 2.26. The number of sulfonamides is 1. The minimum atomic E-state index is -3.78. The Kier molecular flexibility index (Phi) is 8.44. The van der Waals surface area contributed by atoms with Crippen molar-refractivity contribution in [2.45, 2.75) is 32.7 Å². The summed E-state index contributed by atoms with van der Waals surface area (Å²) in [7, 11) is -2.31. The van der Waals surface area contributed by atoms with E-state index in [0.717, 1.165) is 23.4 Å². The van der Waals surface area contributed by atoms with Crippen molar-refractivity contribution in [3.63, 3.8) is 0 Å². The standard InChI is InChI=1S/C22H29N3O5S/c1-5-6-14-23-22(27)19-12-7-8-13-20(19)24-21(26)16(2)25(31(4,28)29)17-10-9-11-18(15-17)30-3/h7-13,15-16H,5-6,14H2,1-4H3,(H,23,27)(H,24,26). The number of para-hydroxylation sites is 1. The topological polar surface area (TPSA) is 105 Å². The number of methoxy groups -OCH3 is 1. The number of carbonyl (C=O) groups excluding carboxylic acids is 2. The van der Waals surface area contributed by atoms with Crippen molar-refractivity contribution in [3.05, 3.63) is 54.1 Å². The van der Waals surface area contributed by atoms with Crippen LogP contribution in [0.1, 0.15) is 37.0 Å². The zero-order chi connectivity index (χ0) is 23.0. The fourth-order valence-electron chi connectivity index (χ4n) is 3.06. The van der Waals surface area contributed by atoms with Crippen LogP contribution in [0.2, 0.25) is 0 Å². The number of hydrogen-bond acceptors (Lipinski definition) is 5. The Labute approximate surface area is 183 Å². The van der Waals surface area contributed by atoms with E-state index in [1.54, 1.807) is 48.5 Å². The average Bonchev–Trinajstić information content (AvgIpc) is 2.73. The summed E-state index contributed by atoms with van der Waals surface area (Å²) < 4.78 is 31.2. The van der Waals surface area contributed by atoms with E-state index in [0.29, 0.717) is 29.2 Å².